The maximum absolute atomic E-state index is 10.3. The Hall–Kier alpha value is -1.50. The SMILES string of the molecule is CCNC(O)c1cc(OCCOCCOCCOC)cc(OCCOCCOCCOC)c1. The van der Waals surface area contributed by atoms with Gasteiger partial charge in [0.05, 0.1) is 66.1 Å². The Morgan fingerprint density at radius 3 is 1.42 bits per heavy atom. The Kier molecular flexibility index (Phi) is 18.8. The zero-order valence-electron chi connectivity index (χ0n) is 20.2. The molecule has 1 aromatic rings. The van der Waals surface area contributed by atoms with Crippen molar-refractivity contribution >= 4 is 0 Å². The molecule has 0 aliphatic rings. The Bertz CT molecular complexity index is 537. The molecule has 0 fully saturated rings. The van der Waals surface area contributed by atoms with Gasteiger partial charge >= 0.3 is 0 Å². The predicted molar refractivity (Wildman–Crippen MR) is 123 cm³/mol. The average molecular weight is 476 g/mol. The molecule has 0 heterocycles. The van der Waals surface area contributed by atoms with Crippen molar-refractivity contribution < 1.29 is 43.0 Å². The van der Waals surface area contributed by atoms with E-state index in [0.717, 1.165) is 0 Å². The van der Waals surface area contributed by atoms with Gasteiger partial charge in [-0.05, 0) is 18.7 Å². The summed E-state index contributed by atoms with van der Waals surface area (Å²) in [7, 11) is 3.27. The van der Waals surface area contributed by atoms with Gasteiger partial charge in [0.1, 0.15) is 30.9 Å². The number of aliphatic hydroxyl groups is 1. The summed E-state index contributed by atoms with van der Waals surface area (Å²) in [5.41, 5.74) is 0.657. The molecule has 0 radical (unpaired) electrons. The molecule has 1 rings (SSSR count). The molecule has 0 aliphatic carbocycles. The molecule has 0 saturated carbocycles. The lowest BCUT2D eigenvalue weighted by Crippen LogP contribution is -2.20. The largest absolute Gasteiger partial charge is 0.491 e. The van der Waals surface area contributed by atoms with E-state index in [1.165, 1.54) is 0 Å². The van der Waals surface area contributed by atoms with E-state index in [0.29, 0.717) is 103 Å². The van der Waals surface area contributed by atoms with Crippen LogP contribution in [0.1, 0.15) is 18.7 Å². The number of hydrogen-bond acceptors (Lipinski definition) is 10. The second-order valence-corrected chi connectivity index (χ2v) is 6.83. The van der Waals surface area contributed by atoms with Crippen LogP contribution in [0.15, 0.2) is 18.2 Å². The molecule has 0 aliphatic heterocycles. The van der Waals surface area contributed by atoms with E-state index >= 15 is 0 Å². The molecule has 0 aromatic heterocycles. The molecule has 2 N–H and O–H groups in total. The van der Waals surface area contributed by atoms with Crippen molar-refractivity contribution in [2.75, 3.05) is 100 Å². The molecule has 192 valence electrons. The van der Waals surface area contributed by atoms with E-state index in [9.17, 15) is 5.11 Å². The fourth-order valence-corrected chi connectivity index (χ4v) is 2.59. The van der Waals surface area contributed by atoms with Crippen molar-refractivity contribution in [2.24, 2.45) is 0 Å². The second kappa shape index (κ2) is 21.1. The normalized spacial score (nSPS) is 12.1. The minimum atomic E-state index is -0.818. The third-order valence-corrected chi connectivity index (χ3v) is 4.22. The Morgan fingerprint density at radius 1 is 0.636 bits per heavy atom. The zero-order valence-corrected chi connectivity index (χ0v) is 20.2. The standard InChI is InChI=1S/C23H41NO9/c1-4-24-23(25)20-17-21(32-15-13-30-11-9-28-7-5-26-2)19-22(18-20)33-16-14-31-12-10-29-8-6-27-3/h17-19,23-25H,4-16H2,1-3H3. The summed E-state index contributed by atoms with van der Waals surface area (Å²) in [6.07, 6.45) is -0.818. The lowest BCUT2D eigenvalue weighted by atomic mass is 10.1. The first-order valence-corrected chi connectivity index (χ1v) is 11.3. The monoisotopic (exact) mass is 475 g/mol. The summed E-state index contributed by atoms with van der Waals surface area (Å²) in [6, 6.07) is 5.34. The van der Waals surface area contributed by atoms with Crippen LogP contribution >= 0.6 is 0 Å². The highest BCUT2D eigenvalue weighted by Gasteiger charge is 2.11. The number of hydrogen-bond donors (Lipinski definition) is 2. The van der Waals surface area contributed by atoms with Crippen molar-refractivity contribution in [3.8, 4) is 11.5 Å². The first-order chi connectivity index (χ1) is 16.2. The maximum atomic E-state index is 10.3. The van der Waals surface area contributed by atoms with Crippen LogP contribution in [0.3, 0.4) is 0 Å². The van der Waals surface area contributed by atoms with Crippen molar-refractivity contribution in [3.05, 3.63) is 23.8 Å². The minimum Gasteiger partial charge on any atom is -0.491 e. The number of nitrogens with one attached hydrogen (secondary N) is 1. The molecule has 10 nitrogen and oxygen atoms in total. The Balaban J connectivity index is 2.38. The van der Waals surface area contributed by atoms with Crippen LogP contribution in [-0.2, 0) is 28.4 Å². The molecular weight excluding hydrogens is 434 g/mol. The van der Waals surface area contributed by atoms with Crippen LogP contribution in [0.25, 0.3) is 0 Å². The van der Waals surface area contributed by atoms with E-state index in [-0.39, 0.29) is 0 Å². The molecular formula is C23H41NO9. The minimum absolute atomic E-state index is 0.366. The number of aliphatic hydroxyl groups excluding tert-OH is 1. The molecule has 1 atom stereocenters. The Labute approximate surface area is 197 Å². The smallest absolute Gasteiger partial charge is 0.131 e. The lowest BCUT2D eigenvalue weighted by molar-refractivity contribution is 0.0174. The van der Waals surface area contributed by atoms with Crippen LogP contribution < -0.4 is 14.8 Å². The van der Waals surface area contributed by atoms with Crippen LogP contribution in [-0.4, -0.2) is 105 Å². The third-order valence-electron chi connectivity index (χ3n) is 4.22. The third kappa shape index (κ3) is 15.9. The molecule has 33 heavy (non-hydrogen) atoms. The number of benzene rings is 1. The van der Waals surface area contributed by atoms with Gasteiger partial charge in [-0.15, -0.1) is 0 Å². The Morgan fingerprint density at radius 2 is 1.03 bits per heavy atom. The summed E-state index contributed by atoms with van der Waals surface area (Å²) < 4.78 is 43.1. The van der Waals surface area contributed by atoms with Gasteiger partial charge in [-0.1, -0.05) is 6.92 Å². The summed E-state index contributed by atoms with van der Waals surface area (Å²) in [5, 5.41) is 13.3. The maximum Gasteiger partial charge on any atom is 0.131 e. The van der Waals surface area contributed by atoms with Gasteiger partial charge in [-0.25, -0.2) is 0 Å². The average Bonchev–Trinajstić information content (AvgIpc) is 2.82. The first kappa shape index (κ1) is 29.5. The number of methoxy groups -OCH3 is 2. The summed E-state index contributed by atoms with van der Waals surface area (Å²) in [4.78, 5) is 0. The highest BCUT2D eigenvalue weighted by molar-refractivity contribution is 5.39. The van der Waals surface area contributed by atoms with Crippen molar-refractivity contribution in [2.45, 2.75) is 13.2 Å². The van der Waals surface area contributed by atoms with Gasteiger partial charge in [0.2, 0.25) is 0 Å². The van der Waals surface area contributed by atoms with E-state index in [1.807, 2.05) is 6.92 Å². The number of ether oxygens (including phenoxy) is 8. The van der Waals surface area contributed by atoms with Gasteiger partial charge in [0, 0.05) is 25.8 Å². The van der Waals surface area contributed by atoms with Gasteiger partial charge in [-0.3, -0.25) is 5.32 Å². The molecule has 0 saturated heterocycles. The van der Waals surface area contributed by atoms with Gasteiger partial charge < -0.3 is 43.0 Å². The summed E-state index contributed by atoms with van der Waals surface area (Å²) in [5.74, 6) is 1.18. The van der Waals surface area contributed by atoms with E-state index in [4.69, 9.17) is 37.9 Å². The zero-order chi connectivity index (χ0) is 24.0. The quantitative estimate of drug-likeness (QED) is 0.178. The fraction of sp³-hybridized carbons (Fsp3) is 0.739. The fourth-order valence-electron chi connectivity index (χ4n) is 2.59. The molecule has 0 spiro atoms. The first-order valence-electron chi connectivity index (χ1n) is 11.3. The second-order valence-electron chi connectivity index (χ2n) is 6.83. The van der Waals surface area contributed by atoms with Crippen LogP contribution in [0.5, 0.6) is 11.5 Å². The van der Waals surface area contributed by atoms with Gasteiger partial charge in [0.25, 0.3) is 0 Å². The van der Waals surface area contributed by atoms with Gasteiger partial charge in [0.15, 0.2) is 0 Å². The lowest BCUT2D eigenvalue weighted by Gasteiger charge is -2.16. The van der Waals surface area contributed by atoms with Gasteiger partial charge in [-0.2, -0.15) is 0 Å². The topological polar surface area (TPSA) is 106 Å². The highest BCUT2D eigenvalue weighted by atomic mass is 16.6. The van der Waals surface area contributed by atoms with Crippen LogP contribution in [0, 0.1) is 0 Å². The van der Waals surface area contributed by atoms with Crippen LogP contribution in [0.4, 0.5) is 0 Å². The summed E-state index contributed by atoms with van der Waals surface area (Å²) in [6.45, 7) is 8.34. The molecule has 10 heteroatoms. The van der Waals surface area contributed by atoms with Crippen molar-refractivity contribution in [3.63, 3.8) is 0 Å². The van der Waals surface area contributed by atoms with Crippen molar-refractivity contribution in [1.29, 1.82) is 0 Å². The summed E-state index contributed by atoms with van der Waals surface area (Å²) >= 11 is 0. The van der Waals surface area contributed by atoms with E-state index < -0.39 is 6.23 Å². The molecule has 1 aromatic carbocycles. The molecule has 0 amide bonds. The predicted octanol–water partition coefficient (Wildman–Crippen LogP) is 1.40. The van der Waals surface area contributed by atoms with E-state index in [2.05, 4.69) is 5.32 Å². The molecule has 0 bridgehead atoms. The highest BCUT2D eigenvalue weighted by Crippen LogP contribution is 2.26. The molecule has 1 unspecified atom stereocenters. The van der Waals surface area contributed by atoms with Crippen molar-refractivity contribution in [1.82, 2.24) is 5.32 Å². The van der Waals surface area contributed by atoms with Crippen LogP contribution in [0.2, 0.25) is 0 Å². The number of rotatable bonds is 23. The van der Waals surface area contributed by atoms with E-state index in [1.54, 1.807) is 32.4 Å².